The summed E-state index contributed by atoms with van der Waals surface area (Å²) in [7, 11) is 0. The first-order chi connectivity index (χ1) is 13.7. The number of fused-ring (bicyclic) bond motifs is 2. The minimum Gasteiger partial charge on any atom is -0.507 e. The van der Waals surface area contributed by atoms with Gasteiger partial charge in [0.15, 0.2) is 5.76 Å². The number of H-pyrrole nitrogens is 1. The van der Waals surface area contributed by atoms with E-state index in [0.29, 0.717) is 36.6 Å². The summed E-state index contributed by atoms with van der Waals surface area (Å²) in [6, 6.07) is 6.97. The second-order valence-electron chi connectivity index (χ2n) is 6.91. The van der Waals surface area contributed by atoms with Crippen molar-refractivity contribution < 1.29 is 19.4 Å². The van der Waals surface area contributed by atoms with Crippen LogP contribution in [0.4, 0.5) is 0 Å². The third-order valence-corrected chi connectivity index (χ3v) is 5.17. The number of carbonyl (C=O) groups is 1. The van der Waals surface area contributed by atoms with Crippen LogP contribution in [0, 0.1) is 0 Å². The lowest BCUT2D eigenvalue weighted by Crippen LogP contribution is -2.35. The number of allylic oxidation sites excluding steroid dienone is 1. The zero-order valence-corrected chi connectivity index (χ0v) is 15.1. The molecule has 2 aromatic heterocycles. The van der Waals surface area contributed by atoms with Gasteiger partial charge in [-0.05, 0) is 30.3 Å². The van der Waals surface area contributed by atoms with Crippen molar-refractivity contribution in [1.29, 1.82) is 0 Å². The smallest absolute Gasteiger partial charge is 0.231 e. The number of phenols is 1. The highest BCUT2D eigenvalue weighted by molar-refractivity contribution is 6.15. The predicted octanol–water partition coefficient (Wildman–Crippen LogP) is 2.72. The van der Waals surface area contributed by atoms with E-state index < -0.39 is 0 Å². The fourth-order valence-corrected chi connectivity index (χ4v) is 3.67. The van der Waals surface area contributed by atoms with Crippen LogP contribution in [0.1, 0.15) is 21.5 Å². The maximum absolute atomic E-state index is 12.9. The van der Waals surface area contributed by atoms with E-state index in [2.05, 4.69) is 14.9 Å². The normalized spacial score (nSPS) is 18.6. The Morgan fingerprint density at radius 2 is 2.11 bits per heavy atom. The Morgan fingerprint density at radius 3 is 2.96 bits per heavy atom. The molecule has 0 unspecified atom stereocenters. The molecule has 1 saturated heterocycles. The lowest BCUT2D eigenvalue weighted by Gasteiger charge is -2.27. The van der Waals surface area contributed by atoms with Gasteiger partial charge in [-0.25, -0.2) is 4.98 Å². The topological polar surface area (TPSA) is 87.7 Å². The molecule has 0 spiro atoms. The monoisotopic (exact) mass is 377 g/mol. The summed E-state index contributed by atoms with van der Waals surface area (Å²) < 4.78 is 11.3. The van der Waals surface area contributed by atoms with E-state index in [4.69, 9.17) is 9.47 Å². The summed E-state index contributed by atoms with van der Waals surface area (Å²) >= 11 is 0. The first kappa shape index (κ1) is 17.0. The zero-order chi connectivity index (χ0) is 19.1. The number of nitrogens with one attached hydrogen (secondary N) is 1. The molecule has 5 rings (SSSR count). The summed E-state index contributed by atoms with van der Waals surface area (Å²) in [5.74, 6) is 0.640. The Balaban J connectivity index is 1.50. The van der Waals surface area contributed by atoms with Crippen LogP contribution in [0.3, 0.4) is 0 Å². The van der Waals surface area contributed by atoms with Crippen LogP contribution >= 0.6 is 0 Å². The number of phenolic OH excluding ortho intramolecular Hbond substituents is 1. The first-order valence-corrected chi connectivity index (χ1v) is 9.22. The van der Waals surface area contributed by atoms with Crippen LogP contribution in [-0.2, 0) is 11.3 Å². The number of nitrogens with zero attached hydrogens (tertiary/aromatic N) is 2. The highest BCUT2D eigenvalue weighted by Crippen LogP contribution is 2.40. The molecule has 28 heavy (non-hydrogen) atoms. The van der Waals surface area contributed by atoms with E-state index >= 15 is 0 Å². The van der Waals surface area contributed by atoms with Gasteiger partial charge >= 0.3 is 0 Å². The molecule has 1 fully saturated rings. The quantitative estimate of drug-likeness (QED) is 0.683. The summed E-state index contributed by atoms with van der Waals surface area (Å²) in [5.41, 5.74) is 2.70. The fourth-order valence-electron chi connectivity index (χ4n) is 3.67. The van der Waals surface area contributed by atoms with Crippen molar-refractivity contribution in [3.63, 3.8) is 0 Å². The van der Waals surface area contributed by atoms with Crippen LogP contribution in [0.2, 0.25) is 0 Å². The fraction of sp³-hybridized carbons (Fsp3) is 0.238. The number of pyridine rings is 1. The zero-order valence-electron chi connectivity index (χ0n) is 15.1. The summed E-state index contributed by atoms with van der Waals surface area (Å²) in [4.78, 5) is 22.4. The van der Waals surface area contributed by atoms with Gasteiger partial charge in [0.2, 0.25) is 5.78 Å². The molecule has 0 amide bonds. The number of hydrogen-bond donors (Lipinski definition) is 2. The van der Waals surface area contributed by atoms with E-state index in [-0.39, 0.29) is 17.3 Å². The Morgan fingerprint density at radius 1 is 1.25 bits per heavy atom. The first-order valence-electron chi connectivity index (χ1n) is 9.22. The maximum atomic E-state index is 12.9. The molecule has 2 N–H and O–H groups in total. The van der Waals surface area contributed by atoms with E-state index in [1.54, 1.807) is 30.6 Å². The number of ketones is 1. The highest BCUT2D eigenvalue weighted by Gasteiger charge is 2.32. The average molecular weight is 377 g/mol. The third-order valence-electron chi connectivity index (χ3n) is 5.17. The van der Waals surface area contributed by atoms with Crippen LogP contribution in [0.15, 0.2) is 42.4 Å². The Bertz CT molecular complexity index is 1100. The molecular weight excluding hydrogens is 358 g/mol. The van der Waals surface area contributed by atoms with Gasteiger partial charge in [-0.2, -0.15) is 0 Å². The second kappa shape index (κ2) is 6.78. The third kappa shape index (κ3) is 2.85. The molecule has 1 aromatic carbocycles. The van der Waals surface area contributed by atoms with Gasteiger partial charge in [-0.3, -0.25) is 9.69 Å². The number of morpholine rings is 1. The molecule has 2 aliphatic rings. The molecule has 0 bridgehead atoms. The number of benzene rings is 1. The van der Waals surface area contributed by atoms with Crippen LogP contribution in [0.25, 0.3) is 17.1 Å². The molecule has 7 heteroatoms. The predicted molar refractivity (Wildman–Crippen MR) is 103 cm³/mol. The van der Waals surface area contributed by atoms with Crippen molar-refractivity contribution in [1.82, 2.24) is 14.9 Å². The molecule has 4 heterocycles. The largest absolute Gasteiger partial charge is 0.507 e. The highest BCUT2D eigenvalue weighted by atomic mass is 16.5. The maximum Gasteiger partial charge on any atom is 0.231 e. The molecule has 2 aliphatic heterocycles. The molecule has 7 nitrogen and oxygen atoms in total. The molecule has 0 radical (unpaired) electrons. The molecule has 0 saturated carbocycles. The van der Waals surface area contributed by atoms with E-state index in [0.717, 1.165) is 29.7 Å². The van der Waals surface area contributed by atoms with Crippen molar-refractivity contribution in [2.24, 2.45) is 0 Å². The number of rotatable bonds is 3. The van der Waals surface area contributed by atoms with Crippen molar-refractivity contribution in [3.05, 3.63) is 59.1 Å². The van der Waals surface area contributed by atoms with E-state index in [1.165, 1.54) is 0 Å². The van der Waals surface area contributed by atoms with Crippen molar-refractivity contribution in [3.8, 4) is 11.5 Å². The molecular formula is C21H19N3O4. The SMILES string of the molecule is O=C1C(=Cc2c[nH]c3ncccc23)Oc2c1ccc(O)c2CN1CCOCC1. The molecule has 0 aliphatic carbocycles. The van der Waals surface area contributed by atoms with Crippen molar-refractivity contribution in [2.75, 3.05) is 26.3 Å². The lowest BCUT2D eigenvalue weighted by molar-refractivity contribution is 0.0336. The van der Waals surface area contributed by atoms with Gasteiger partial charge in [0, 0.05) is 43.0 Å². The van der Waals surface area contributed by atoms with Gasteiger partial charge in [0.1, 0.15) is 17.1 Å². The number of carbonyl (C=O) groups excluding carboxylic acids is 1. The Kier molecular flexibility index (Phi) is 4.11. The summed E-state index contributed by atoms with van der Waals surface area (Å²) in [6.07, 6.45) is 5.23. The Hall–Kier alpha value is -3.16. The summed E-state index contributed by atoms with van der Waals surface area (Å²) in [5, 5.41) is 11.3. The van der Waals surface area contributed by atoms with Crippen molar-refractivity contribution >= 4 is 22.9 Å². The molecule has 3 aromatic rings. The molecule has 142 valence electrons. The average Bonchev–Trinajstić information content (AvgIpc) is 3.27. The number of hydrogen-bond acceptors (Lipinski definition) is 6. The lowest BCUT2D eigenvalue weighted by atomic mass is 10.0. The minimum absolute atomic E-state index is 0.135. The standard InChI is InChI=1S/C21H19N3O4/c25-17-4-3-15-19(26)18(10-13-11-23-21-14(13)2-1-5-22-21)28-20(15)16(17)12-24-6-8-27-9-7-24/h1-5,10-11,25H,6-9,12H2,(H,22,23). The number of ether oxygens (including phenoxy) is 2. The number of aromatic nitrogens is 2. The van der Waals surface area contributed by atoms with Crippen molar-refractivity contribution in [2.45, 2.75) is 6.54 Å². The van der Waals surface area contributed by atoms with Gasteiger partial charge in [0.05, 0.1) is 24.3 Å². The van der Waals surface area contributed by atoms with Gasteiger partial charge in [0.25, 0.3) is 0 Å². The van der Waals surface area contributed by atoms with Crippen LogP contribution in [0.5, 0.6) is 11.5 Å². The van der Waals surface area contributed by atoms with Gasteiger partial charge < -0.3 is 19.6 Å². The Labute approximate surface area is 161 Å². The second-order valence-corrected chi connectivity index (χ2v) is 6.91. The van der Waals surface area contributed by atoms with Gasteiger partial charge in [-0.1, -0.05) is 0 Å². The number of Topliss-reactive ketones (excluding diaryl/α,β-unsaturated/α-hetero) is 1. The summed E-state index contributed by atoms with van der Waals surface area (Å²) in [6.45, 7) is 3.39. The minimum atomic E-state index is -0.184. The van der Waals surface area contributed by atoms with Gasteiger partial charge in [-0.15, -0.1) is 0 Å². The van der Waals surface area contributed by atoms with Crippen LogP contribution in [-0.4, -0.2) is 52.1 Å². The number of aromatic amines is 1. The van der Waals surface area contributed by atoms with Crippen LogP contribution < -0.4 is 4.74 Å². The molecule has 0 atom stereocenters. The number of aromatic hydroxyl groups is 1. The van der Waals surface area contributed by atoms with E-state index in [1.807, 2.05) is 12.1 Å². The van der Waals surface area contributed by atoms with E-state index in [9.17, 15) is 9.90 Å².